The number of ether oxygens (including phenoxy) is 2. The van der Waals surface area contributed by atoms with Crippen molar-refractivity contribution in [1.29, 1.82) is 0 Å². The highest BCUT2D eigenvalue weighted by molar-refractivity contribution is 5.74. The molecule has 2 atom stereocenters. The van der Waals surface area contributed by atoms with Crippen molar-refractivity contribution in [2.24, 2.45) is 0 Å². The van der Waals surface area contributed by atoms with Crippen molar-refractivity contribution in [2.75, 3.05) is 7.11 Å². The molecule has 13 heavy (non-hydrogen) atoms. The van der Waals surface area contributed by atoms with Crippen LogP contribution < -0.4 is 0 Å². The molecule has 0 radical (unpaired) electrons. The van der Waals surface area contributed by atoms with Crippen LogP contribution >= 0.6 is 0 Å². The second kappa shape index (κ2) is 4.09. The maximum Gasteiger partial charge on any atom is 0.335 e. The summed E-state index contributed by atoms with van der Waals surface area (Å²) in [4.78, 5) is 11.2. The zero-order valence-corrected chi connectivity index (χ0v) is 8.63. The molecule has 0 N–H and O–H groups in total. The van der Waals surface area contributed by atoms with E-state index in [0.717, 1.165) is 25.7 Å². The SMILES string of the molecule is CCCC1(C)CCC(C(=O)OC)O1. The van der Waals surface area contributed by atoms with E-state index in [1.165, 1.54) is 7.11 Å². The lowest BCUT2D eigenvalue weighted by Crippen LogP contribution is -2.28. The molecule has 0 bridgehead atoms. The van der Waals surface area contributed by atoms with Gasteiger partial charge in [0.15, 0.2) is 6.10 Å². The van der Waals surface area contributed by atoms with Crippen LogP contribution in [-0.4, -0.2) is 24.8 Å². The summed E-state index contributed by atoms with van der Waals surface area (Å²) in [6.45, 7) is 4.19. The molecule has 1 aliphatic rings. The molecule has 1 rings (SSSR count). The first-order valence-electron chi connectivity index (χ1n) is 4.87. The third-order valence-corrected chi connectivity index (χ3v) is 2.61. The molecule has 0 spiro atoms. The normalized spacial score (nSPS) is 33.3. The molecule has 0 aromatic rings. The van der Waals surface area contributed by atoms with E-state index in [4.69, 9.17) is 4.74 Å². The molecule has 1 aliphatic heterocycles. The predicted octanol–water partition coefficient (Wildman–Crippen LogP) is 1.90. The molecule has 1 heterocycles. The fourth-order valence-corrected chi connectivity index (χ4v) is 1.91. The van der Waals surface area contributed by atoms with Gasteiger partial charge in [-0.2, -0.15) is 0 Å². The van der Waals surface area contributed by atoms with E-state index in [0.29, 0.717) is 0 Å². The van der Waals surface area contributed by atoms with Gasteiger partial charge in [-0.3, -0.25) is 0 Å². The topological polar surface area (TPSA) is 35.5 Å². The minimum atomic E-state index is -0.332. The number of esters is 1. The number of hydrogen-bond donors (Lipinski definition) is 0. The maximum absolute atomic E-state index is 11.2. The standard InChI is InChI=1S/C10H18O3/c1-4-6-10(2)7-5-8(13-10)9(11)12-3/h8H,4-7H2,1-3H3. The van der Waals surface area contributed by atoms with Gasteiger partial charge in [-0.25, -0.2) is 4.79 Å². The van der Waals surface area contributed by atoms with Crippen molar-refractivity contribution in [2.45, 2.75) is 51.2 Å². The number of rotatable bonds is 3. The predicted molar refractivity (Wildman–Crippen MR) is 49.4 cm³/mol. The van der Waals surface area contributed by atoms with Crippen molar-refractivity contribution in [1.82, 2.24) is 0 Å². The van der Waals surface area contributed by atoms with E-state index >= 15 is 0 Å². The molecule has 3 heteroatoms. The van der Waals surface area contributed by atoms with Gasteiger partial charge in [0.1, 0.15) is 0 Å². The van der Waals surface area contributed by atoms with Gasteiger partial charge in [0.25, 0.3) is 0 Å². The van der Waals surface area contributed by atoms with Crippen molar-refractivity contribution < 1.29 is 14.3 Å². The summed E-state index contributed by atoms with van der Waals surface area (Å²) < 4.78 is 10.3. The monoisotopic (exact) mass is 186 g/mol. The lowest BCUT2D eigenvalue weighted by Gasteiger charge is -2.23. The van der Waals surface area contributed by atoms with Crippen LogP contribution in [0.3, 0.4) is 0 Å². The summed E-state index contributed by atoms with van der Waals surface area (Å²) in [5, 5.41) is 0. The number of carbonyl (C=O) groups excluding carboxylic acids is 1. The molecule has 1 saturated heterocycles. The Kier molecular flexibility index (Phi) is 3.31. The summed E-state index contributed by atoms with van der Waals surface area (Å²) in [6.07, 6.45) is 3.52. The maximum atomic E-state index is 11.2. The average molecular weight is 186 g/mol. The van der Waals surface area contributed by atoms with Crippen LogP contribution in [0, 0.1) is 0 Å². The van der Waals surface area contributed by atoms with E-state index in [-0.39, 0.29) is 17.7 Å². The van der Waals surface area contributed by atoms with Gasteiger partial charge in [0.2, 0.25) is 0 Å². The zero-order chi connectivity index (χ0) is 9.90. The van der Waals surface area contributed by atoms with Crippen LogP contribution in [0.5, 0.6) is 0 Å². The Labute approximate surface area is 79.4 Å². The van der Waals surface area contributed by atoms with E-state index in [9.17, 15) is 4.79 Å². The molecule has 0 aliphatic carbocycles. The van der Waals surface area contributed by atoms with Crippen molar-refractivity contribution in [3.05, 3.63) is 0 Å². The number of hydrogen-bond acceptors (Lipinski definition) is 3. The largest absolute Gasteiger partial charge is 0.467 e. The number of methoxy groups -OCH3 is 1. The molecule has 3 nitrogen and oxygen atoms in total. The minimum Gasteiger partial charge on any atom is -0.467 e. The van der Waals surface area contributed by atoms with Gasteiger partial charge in [0.05, 0.1) is 12.7 Å². The average Bonchev–Trinajstić information content (AvgIpc) is 2.47. The van der Waals surface area contributed by atoms with Gasteiger partial charge >= 0.3 is 5.97 Å². The second-order valence-corrected chi connectivity index (χ2v) is 3.87. The Hall–Kier alpha value is -0.570. The van der Waals surface area contributed by atoms with Crippen molar-refractivity contribution in [3.63, 3.8) is 0 Å². The second-order valence-electron chi connectivity index (χ2n) is 3.87. The smallest absolute Gasteiger partial charge is 0.335 e. The highest BCUT2D eigenvalue weighted by Gasteiger charge is 2.39. The van der Waals surface area contributed by atoms with Gasteiger partial charge in [-0.15, -0.1) is 0 Å². The third-order valence-electron chi connectivity index (χ3n) is 2.61. The third kappa shape index (κ3) is 2.44. The molecule has 0 aromatic carbocycles. The van der Waals surface area contributed by atoms with E-state index in [1.54, 1.807) is 0 Å². The van der Waals surface area contributed by atoms with Crippen LogP contribution in [0.4, 0.5) is 0 Å². The molecule has 0 aromatic heterocycles. The lowest BCUT2D eigenvalue weighted by atomic mass is 9.97. The molecular weight excluding hydrogens is 168 g/mol. The van der Waals surface area contributed by atoms with Crippen molar-refractivity contribution in [3.8, 4) is 0 Å². The molecule has 2 unspecified atom stereocenters. The Balaban J connectivity index is 2.47. The van der Waals surface area contributed by atoms with E-state index in [1.807, 2.05) is 0 Å². The zero-order valence-electron chi connectivity index (χ0n) is 8.63. The quantitative estimate of drug-likeness (QED) is 0.631. The lowest BCUT2D eigenvalue weighted by molar-refractivity contribution is -0.157. The molecule has 76 valence electrons. The summed E-state index contributed by atoms with van der Waals surface area (Å²) >= 11 is 0. The van der Waals surface area contributed by atoms with Crippen LogP contribution in [-0.2, 0) is 14.3 Å². The van der Waals surface area contributed by atoms with Crippen molar-refractivity contribution >= 4 is 5.97 Å². The molecular formula is C10H18O3. The first kappa shape index (κ1) is 10.5. The fraction of sp³-hybridized carbons (Fsp3) is 0.900. The highest BCUT2D eigenvalue weighted by atomic mass is 16.6. The Morgan fingerprint density at radius 2 is 2.38 bits per heavy atom. The summed E-state index contributed by atoms with van der Waals surface area (Å²) in [5.41, 5.74) is -0.104. The van der Waals surface area contributed by atoms with Crippen LogP contribution in [0.15, 0.2) is 0 Å². The number of carbonyl (C=O) groups is 1. The van der Waals surface area contributed by atoms with Gasteiger partial charge < -0.3 is 9.47 Å². The fourth-order valence-electron chi connectivity index (χ4n) is 1.91. The molecule has 0 amide bonds. The molecule has 0 saturated carbocycles. The van der Waals surface area contributed by atoms with Gasteiger partial charge in [0, 0.05) is 0 Å². The summed E-state index contributed by atoms with van der Waals surface area (Å²) in [5.74, 6) is -0.236. The minimum absolute atomic E-state index is 0.104. The van der Waals surface area contributed by atoms with Crippen LogP contribution in [0.25, 0.3) is 0 Å². The van der Waals surface area contributed by atoms with Gasteiger partial charge in [-0.05, 0) is 26.2 Å². The van der Waals surface area contributed by atoms with E-state index < -0.39 is 0 Å². The Bertz CT molecular complexity index is 191. The molecule has 1 fully saturated rings. The summed E-state index contributed by atoms with van der Waals surface area (Å²) in [7, 11) is 1.40. The van der Waals surface area contributed by atoms with Crippen LogP contribution in [0.2, 0.25) is 0 Å². The Morgan fingerprint density at radius 3 is 2.92 bits per heavy atom. The van der Waals surface area contributed by atoms with Crippen LogP contribution in [0.1, 0.15) is 39.5 Å². The van der Waals surface area contributed by atoms with E-state index in [2.05, 4.69) is 18.6 Å². The highest BCUT2D eigenvalue weighted by Crippen LogP contribution is 2.34. The first-order chi connectivity index (χ1) is 6.11. The summed E-state index contributed by atoms with van der Waals surface area (Å²) in [6, 6.07) is 0. The first-order valence-corrected chi connectivity index (χ1v) is 4.87. The van der Waals surface area contributed by atoms with Gasteiger partial charge in [-0.1, -0.05) is 13.3 Å². The Morgan fingerprint density at radius 1 is 1.69 bits per heavy atom.